The molecule has 3 nitrogen and oxygen atoms in total. The molecule has 1 saturated heterocycles. The predicted molar refractivity (Wildman–Crippen MR) is 73.8 cm³/mol. The number of thioether (sulfide) groups is 1. The topological polar surface area (TPSA) is 29.0 Å². The van der Waals surface area contributed by atoms with Gasteiger partial charge in [0.25, 0.3) is 0 Å². The summed E-state index contributed by atoms with van der Waals surface area (Å²) in [5.41, 5.74) is 3.02. The molecule has 2 heterocycles. The molecular weight excluding hydrogens is 230 g/mol. The smallest absolute Gasteiger partial charge is 0.150 e. The van der Waals surface area contributed by atoms with Gasteiger partial charge in [0.05, 0.1) is 16.7 Å². The number of benzene rings is 1. The molecule has 4 heteroatoms. The van der Waals surface area contributed by atoms with Crippen LogP contribution in [-0.4, -0.2) is 34.6 Å². The van der Waals surface area contributed by atoms with E-state index in [4.69, 9.17) is 4.98 Å². The van der Waals surface area contributed by atoms with Crippen LogP contribution in [0.15, 0.2) is 24.3 Å². The molecule has 17 heavy (non-hydrogen) atoms. The van der Waals surface area contributed by atoms with Gasteiger partial charge in [-0.25, -0.2) is 9.97 Å². The minimum atomic E-state index is 0.986. The van der Waals surface area contributed by atoms with Crippen molar-refractivity contribution >= 4 is 28.6 Å². The van der Waals surface area contributed by atoms with E-state index in [2.05, 4.69) is 16.8 Å². The van der Waals surface area contributed by atoms with Crippen LogP contribution >= 0.6 is 11.8 Å². The molecule has 0 radical (unpaired) electrons. The zero-order valence-electron chi connectivity index (χ0n) is 9.89. The van der Waals surface area contributed by atoms with Gasteiger partial charge in [-0.2, -0.15) is 11.8 Å². The van der Waals surface area contributed by atoms with Gasteiger partial charge in [-0.05, 0) is 19.1 Å². The Labute approximate surface area is 105 Å². The van der Waals surface area contributed by atoms with E-state index in [1.165, 1.54) is 11.5 Å². The second kappa shape index (κ2) is 4.53. The van der Waals surface area contributed by atoms with E-state index in [1.807, 2.05) is 36.0 Å². The summed E-state index contributed by atoms with van der Waals surface area (Å²) < 4.78 is 0. The summed E-state index contributed by atoms with van der Waals surface area (Å²) in [4.78, 5) is 11.7. The maximum Gasteiger partial charge on any atom is 0.150 e. The van der Waals surface area contributed by atoms with Gasteiger partial charge in [-0.3, -0.25) is 0 Å². The van der Waals surface area contributed by atoms with Gasteiger partial charge in [0.2, 0.25) is 0 Å². The minimum absolute atomic E-state index is 0.986. The maximum atomic E-state index is 4.75. The third kappa shape index (κ3) is 2.09. The van der Waals surface area contributed by atoms with Crippen molar-refractivity contribution in [3.05, 3.63) is 30.0 Å². The van der Waals surface area contributed by atoms with E-state index < -0.39 is 0 Å². The SMILES string of the molecule is Cc1nc2ccccc2nc1N1CCSCC1. The molecule has 1 aliphatic heterocycles. The van der Waals surface area contributed by atoms with E-state index in [-0.39, 0.29) is 0 Å². The van der Waals surface area contributed by atoms with Gasteiger partial charge in [-0.15, -0.1) is 0 Å². The first kappa shape index (κ1) is 10.8. The first-order valence-corrected chi connectivity index (χ1v) is 7.06. The number of aryl methyl sites for hydroxylation is 1. The molecule has 0 aliphatic carbocycles. The normalized spacial score (nSPS) is 16.4. The van der Waals surface area contributed by atoms with Gasteiger partial charge in [0.15, 0.2) is 5.82 Å². The van der Waals surface area contributed by atoms with E-state index in [0.717, 1.165) is 35.6 Å². The number of aromatic nitrogens is 2. The van der Waals surface area contributed by atoms with Crippen molar-refractivity contribution in [3.63, 3.8) is 0 Å². The van der Waals surface area contributed by atoms with Gasteiger partial charge >= 0.3 is 0 Å². The first-order valence-electron chi connectivity index (χ1n) is 5.91. The zero-order valence-corrected chi connectivity index (χ0v) is 10.7. The highest BCUT2D eigenvalue weighted by atomic mass is 32.2. The van der Waals surface area contributed by atoms with E-state index in [0.29, 0.717) is 0 Å². The summed E-state index contributed by atoms with van der Waals surface area (Å²) in [5.74, 6) is 3.44. The lowest BCUT2D eigenvalue weighted by atomic mass is 10.3. The highest BCUT2D eigenvalue weighted by molar-refractivity contribution is 7.99. The average Bonchev–Trinajstić information content (AvgIpc) is 2.39. The standard InChI is InChI=1S/C13H15N3S/c1-10-13(16-6-8-17-9-7-16)15-12-5-3-2-4-11(12)14-10/h2-5H,6-9H2,1H3. The number of nitrogens with zero attached hydrogens (tertiary/aromatic N) is 3. The van der Waals surface area contributed by atoms with Gasteiger partial charge in [0.1, 0.15) is 0 Å². The van der Waals surface area contributed by atoms with Crippen molar-refractivity contribution in [1.29, 1.82) is 0 Å². The zero-order chi connectivity index (χ0) is 11.7. The van der Waals surface area contributed by atoms with Crippen molar-refractivity contribution in [2.24, 2.45) is 0 Å². The predicted octanol–water partition coefficient (Wildman–Crippen LogP) is 2.49. The molecule has 3 rings (SSSR count). The molecule has 0 amide bonds. The number of fused-ring (bicyclic) bond motifs is 1. The Hall–Kier alpha value is -1.29. The van der Waals surface area contributed by atoms with Crippen molar-refractivity contribution in [1.82, 2.24) is 9.97 Å². The lowest BCUT2D eigenvalue weighted by Crippen LogP contribution is -2.33. The lowest BCUT2D eigenvalue weighted by molar-refractivity contribution is 0.831. The van der Waals surface area contributed by atoms with Crippen molar-refractivity contribution < 1.29 is 0 Å². The summed E-state index contributed by atoms with van der Waals surface area (Å²) >= 11 is 2.01. The van der Waals surface area contributed by atoms with Crippen LogP contribution in [0, 0.1) is 6.92 Å². The third-order valence-corrected chi connectivity index (χ3v) is 3.97. The Morgan fingerprint density at radius 3 is 2.41 bits per heavy atom. The maximum absolute atomic E-state index is 4.75. The number of para-hydroxylation sites is 2. The van der Waals surface area contributed by atoms with Crippen LogP contribution in [0.4, 0.5) is 5.82 Å². The van der Waals surface area contributed by atoms with Crippen molar-refractivity contribution in [3.8, 4) is 0 Å². The summed E-state index contributed by atoms with van der Waals surface area (Å²) in [7, 11) is 0. The Morgan fingerprint density at radius 1 is 1.06 bits per heavy atom. The van der Waals surface area contributed by atoms with Crippen LogP contribution in [-0.2, 0) is 0 Å². The largest absolute Gasteiger partial charge is 0.353 e. The second-order valence-electron chi connectivity index (χ2n) is 4.22. The van der Waals surface area contributed by atoms with Crippen LogP contribution in [0.3, 0.4) is 0 Å². The van der Waals surface area contributed by atoms with Gasteiger partial charge in [-0.1, -0.05) is 12.1 Å². The molecule has 1 aromatic carbocycles. The third-order valence-electron chi connectivity index (χ3n) is 3.03. The molecule has 1 fully saturated rings. The number of rotatable bonds is 1. The van der Waals surface area contributed by atoms with E-state index in [1.54, 1.807) is 0 Å². The lowest BCUT2D eigenvalue weighted by Gasteiger charge is -2.28. The molecular formula is C13H15N3S. The molecule has 0 atom stereocenters. The monoisotopic (exact) mass is 245 g/mol. The molecule has 0 unspecified atom stereocenters. The van der Waals surface area contributed by atoms with Crippen LogP contribution in [0.1, 0.15) is 5.69 Å². The highest BCUT2D eigenvalue weighted by Crippen LogP contribution is 2.22. The van der Waals surface area contributed by atoms with Crippen LogP contribution in [0.2, 0.25) is 0 Å². The minimum Gasteiger partial charge on any atom is -0.353 e. The van der Waals surface area contributed by atoms with Crippen LogP contribution < -0.4 is 4.90 Å². The van der Waals surface area contributed by atoms with Crippen molar-refractivity contribution in [2.75, 3.05) is 29.5 Å². The number of hydrogen-bond donors (Lipinski definition) is 0. The number of hydrogen-bond acceptors (Lipinski definition) is 4. The molecule has 2 aromatic rings. The first-order chi connectivity index (χ1) is 8.34. The Morgan fingerprint density at radius 2 is 1.71 bits per heavy atom. The Bertz CT molecular complexity index is 535. The summed E-state index contributed by atoms with van der Waals surface area (Å²) in [6.45, 7) is 4.22. The fourth-order valence-electron chi connectivity index (χ4n) is 2.15. The van der Waals surface area contributed by atoms with E-state index >= 15 is 0 Å². The summed E-state index contributed by atoms with van der Waals surface area (Å²) in [6, 6.07) is 8.07. The summed E-state index contributed by atoms with van der Waals surface area (Å²) in [6.07, 6.45) is 0. The van der Waals surface area contributed by atoms with Gasteiger partial charge < -0.3 is 4.90 Å². The summed E-state index contributed by atoms with van der Waals surface area (Å²) in [5, 5.41) is 0. The molecule has 1 aromatic heterocycles. The molecule has 0 saturated carbocycles. The molecule has 1 aliphatic rings. The average molecular weight is 245 g/mol. The van der Waals surface area contributed by atoms with E-state index in [9.17, 15) is 0 Å². The Balaban J connectivity index is 2.06. The molecule has 88 valence electrons. The van der Waals surface area contributed by atoms with Crippen molar-refractivity contribution in [2.45, 2.75) is 6.92 Å². The van der Waals surface area contributed by atoms with Crippen LogP contribution in [0.25, 0.3) is 11.0 Å². The fraction of sp³-hybridized carbons (Fsp3) is 0.385. The molecule has 0 N–H and O–H groups in total. The van der Waals surface area contributed by atoms with Gasteiger partial charge in [0, 0.05) is 24.6 Å². The fourth-order valence-corrected chi connectivity index (χ4v) is 3.06. The number of anilines is 1. The highest BCUT2D eigenvalue weighted by Gasteiger charge is 2.15. The quantitative estimate of drug-likeness (QED) is 0.772. The second-order valence-corrected chi connectivity index (χ2v) is 5.45. The molecule has 0 spiro atoms. The molecule has 0 bridgehead atoms. The Kier molecular flexibility index (Phi) is 2.89. The van der Waals surface area contributed by atoms with Crippen LogP contribution in [0.5, 0.6) is 0 Å².